The van der Waals surface area contributed by atoms with E-state index in [-0.39, 0.29) is 11.8 Å². The number of aliphatic hydroxyl groups is 1. The minimum atomic E-state index is -0.565. The van der Waals surface area contributed by atoms with Crippen LogP contribution in [0.15, 0.2) is 24.3 Å². The number of hydrogen-bond acceptors (Lipinski definition) is 3. The number of amides is 1. The Balaban J connectivity index is 2.09. The van der Waals surface area contributed by atoms with E-state index >= 15 is 0 Å². The molecule has 1 aliphatic rings. The van der Waals surface area contributed by atoms with E-state index in [4.69, 9.17) is 0 Å². The van der Waals surface area contributed by atoms with Crippen molar-refractivity contribution in [1.29, 1.82) is 0 Å². The summed E-state index contributed by atoms with van der Waals surface area (Å²) in [6, 6.07) is 7.40. The van der Waals surface area contributed by atoms with Crippen LogP contribution in [0.25, 0.3) is 0 Å². The molecule has 0 saturated carbocycles. The maximum atomic E-state index is 12.0. The molecule has 0 aliphatic carbocycles. The molecule has 1 aromatic rings. The Morgan fingerprint density at radius 1 is 1.53 bits per heavy atom. The van der Waals surface area contributed by atoms with Crippen molar-refractivity contribution in [2.24, 2.45) is 5.92 Å². The van der Waals surface area contributed by atoms with Gasteiger partial charge in [0.1, 0.15) is 0 Å². The van der Waals surface area contributed by atoms with E-state index < -0.39 is 6.10 Å². The van der Waals surface area contributed by atoms with E-state index in [9.17, 15) is 9.90 Å². The van der Waals surface area contributed by atoms with Crippen LogP contribution in [-0.2, 0) is 4.79 Å². The van der Waals surface area contributed by atoms with Gasteiger partial charge >= 0.3 is 0 Å². The number of para-hydroxylation sites is 1. The van der Waals surface area contributed by atoms with Crippen molar-refractivity contribution in [3.63, 3.8) is 0 Å². The van der Waals surface area contributed by atoms with Crippen LogP contribution in [0.3, 0.4) is 0 Å². The van der Waals surface area contributed by atoms with Gasteiger partial charge < -0.3 is 10.4 Å². The highest BCUT2D eigenvalue weighted by Gasteiger charge is 2.23. The van der Waals surface area contributed by atoms with Crippen molar-refractivity contribution in [2.75, 3.05) is 16.8 Å². The fourth-order valence-corrected chi connectivity index (χ4v) is 3.17. The lowest BCUT2D eigenvalue weighted by atomic mass is 10.1. The topological polar surface area (TPSA) is 49.3 Å². The lowest BCUT2D eigenvalue weighted by Gasteiger charge is -2.15. The zero-order valence-corrected chi connectivity index (χ0v) is 10.7. The molecule has 1 amide bonds. The summed E-state index contributed by atoms with van der Waals surface area (Å²) in [7, 11) is 0. The lowest BCUT2D eigenvalue weighted by Crippen LogP contribution is -2.23. The van der Waals surface area contributed by atoms with Crippen molar-refractivity contribution in [1.82, 2.24) is 0 Å². The molecular weight excluding hydrogens is 234 g/mol. The number of carbonyl (C=O) groups excluding carboxylic acids is 1. The molecule has 2 rings (SSSR count). The molecule has 0 aromatic heterocycles. The lowest BCUT2D eigenvalue weighted by molar-refractivity contribution is -0.119. The molecule has 0 radical (unpaired) electrons. The fraction of sp³-hybridized carbons (Fsp3) is 0.462. The molecule has 4 heteroatoms. The molecule has 1 fully saturated rings. The van der Waals surface area contributed by atoms with Gasteiger partial charge in [-0.25, -0.2) is 0 Å². The standard InChI is InChI=1S/C13H17NO2S/c1-9(15)11-4-2-3-5-12(11)14-13(16)10-6-7-17-8-10/h2-5,9-10,15H,6-8H2,1H3,(H,14,16). The number of thioether (sulfide) groups is 1. The molecule has 2 atom stereocenters. The molecule has 2 N–H and O–H groups in total. The van der Waals surface area contributed by atoms with Gasteiger partial charge in [-0.2, -0.15) is 11.8 Å². The van der Waals surface area contributed by atoms with Gasteiger partial charge in [0.15, 0.2) is 0 Å². The number of benzene rings is 1. The van der Waals surface area contributed by atoms with Crippen LogP contribution in [-0.4, -0.2) is 22.5 Å². The van der Waals surface area contributed by atoms with Gasteiger partial charge in [0.25, 0.3) is 0 Å². The van der Waals surface area contributed by atoms with Crippen molar-refractivity contribution in [3.05, 3.63) is 29.8 Å². The molecule has 17 heavy (non-hydrogen) atoms. The first-order valence-corrected chi connectivity index (χ1v) is 6.99. The molecule has 2 unspecified atom stereocenters. The molecule has 1 aliphatic heterocycles. The quantitative estimate of drug-likeness (QED) is 0.867. The zero-order valence-electron chi connectivity index (χ0n) is 9.85. The van der Waals surface area contributed by atoms with Gasteiger partial charge in [-0.05, 0) is 25.2 Å². The number of carbonyl (C=O) groups is 1. The van der Waals surface area contributed by atoms with Gasteiger partial charge in [-0.3, -0.25) is 4.79 Å². The number of nitrogens with one attached hydrogen (secondary N) is 1. The summed E-state index contributed by atoms with van der Waals surface area (Å²) in [6.07, 6.45) is 0.386. The van der Waals surface area contributed by atoms with E-state index in [0.717, 1.165) is 29.2 Å². The number of aliphatic hydroxyl groups excluding tert-OH is 1. The Bertz CT molecular complexity index is 400. The van der Waals surface area contributed by atoms with Crippen LogP contribution in [0.4, 0.5) is 5.69 Å². The average Bonchev–Trinajstić information content (AvgIpc) is 2.83. The predicted molar refractivity (Wildman–Crippen MR) is 71.1 cm³/mol. The van der Waals surface area contributed by atoms with E-state index in [1.54, 1.807) is 6.92 Å². The van der Waals surface area contributed by atoms with Crippen molar-refractivity contribution in [2.45, 2.75) is 19.4 Å². The predicted octanol–water partition coefficient (Wildman–Crippen LogP) is 2.43. The maximum Gasteiger partial charge on any atom is 0.228 e. The Labute approximate surface area is 106 Å². The van der Waals surface area contributed by atoms with Crippen LogP contribution in [0.5, 0.6) is 0 Å². The largest absolute Gasteiger partial charge is 0.389 e. The third-order valence-electron chi connectivity index (χ3n) is 2.97. The summed E-state index contributed by atoms with van der Waals surface area (Å²) in [6.45, 7) is 1.70. The van der Waals surface area contributed by atoms with Gasteiger partial charge in [0, 0.05) is 22.9 Å². The average molecular weight is 251 g/mol. The van der Waals surface area contributed by atoms with Crippen LogP contribution in [0, 0.1) is 5.92 Å². The number of anilines is 1. The molecule has 3 nitrogen and oxygen atoms in total. The van der Waals surface area contributed by atoms with Crippen LogP contribution < -0.4 is 5.32 Å². The second kappa shape index (κ2) is 5.56. The molecule has 1 aromatic carbocycles. The third-order valence-corrected chi connectivity index (χ3v) is 4.13. The third kappa shape index (κ3) is 3.01. The summed E-state index contributed by atoms with van der Waals surface area (Å²) < 4.78 is 0. The van der Waals surface area contributed by atoms with Gasteiger partial charge in [-0.1, -0.05) is 18.2 Å². The van der Waals surface area contributed by atoms with Gasteiger partial charge in [0.05, 0.1) is 6.10 Å². The summed E-state index contributed by atoms with van der Waals surface area (Å²) in [5.41, 5.74) is 1.50. The van der Waals surface area contributed by atoms with Crippen LogP contribution >= 0.6 is 11.8 Å². The molecule has 1 saturated heterocycles. The normalized spacial score (nSPS) is 21.2. The fourth-order valence-electron chi connectivity index (χ4n) is 1.95. The summed E-state index contributed by atoms with van der Waals surface area (Å²) in [5.74, 6) is 2.16. The smallest absolute Gasteiger partial charge is 0.228 e. The van der Waals surface area contributed by atoms with Crippen LogP contribution in [0.2, 0.25) is 0 Å². The van der Waals surface area contributed by atoms with Gasteiger partial charge in [0.2, 0.25) is 5.91 Å². The second-order valence-corrected chi connectivity index (χ2v) is 5.46. The second-order valence-electron chi connectivity index (χ2n) is 4.31. The van der Waals surface area contributed by atoms with E-state index in [2.05, 4.69) is 5.32 Å². The summed E-state index contributed by atoms with van der Waals surface area (Å²) >= 11 is 1.82. The van der Waals surface area contributed by atoms with Crippen molar-refractivity contribution < 1.29 is 9.90 Å². The first-order chi connectivity index (χ1) is 8.18. The zero-order chi connectivity index (χ0) is 12.3. The molecule has 0 bridgehead atoms. The highest BCUT2D eigenvalue weighted by atomic mass is 32.2. The van der Waals surface area contributed by atoms with E-state index in [0.29, 0.717) is 0 Å². The molecular formula is C13H17NO2S. The maximum absolute atomic E-state index is 12.0. The molecule has 1 heterocycles. The molecule has 92 valence electrons. The highest BCUT2D eigenvalue weighted by Crippen LogP contribution is 2.27. The summed E-state index contributed by atoms with van der Waals surface area (Å²) in [5, 5.41) is 12.5. The van der Waals surface area contributed by atoms with Crippen LogP contribution in [0.1, 0.15) is 25.0 Å². The van der Waals surface area contributed by atoms with E-state index in [1.165, 1.54) is 0 Å². The van der Waals surface area contributed by atoms with Gasteiger partial charge in [-0.15, -0.1) is 0 Å². The monoisotopic (exact) mass is 251 g/mol. The Hall–Kier alpha value is -1.000. The first-order valence-electron chi connectivity index (χ1n) is 5.84. The summed E-state index contributed by atoms with van der Waals surface area (Å²) in [4.78, 5) is 12.0. The van der Waals surface area contributed by atoms with E-state index in [1.807, 2.05) is 36.0 Å². The minimum Gasteiger partial charge on any atom is -0.389 e. The highest BCUT2D eigenvalue weighted by molar-refractivity contribution is 7.99. The Morgan fingerprint density at radius 2 is 2.29 bits per heavy atom. The Morgan fingerprint density at radius 3 is 2.94 bits per heavy atom. The van der Waals surface area contributed by atoms with Crippen molar-refractivity contribution >= 4 is 23.4 Å². The number of rotatable bonds is 3. The van der Waals surface area contributed by atoms with Crippen molar-refractivity contribution in [3.8, 4) is 0 Å². The SMILES string of the molecule is CC(O)c1ccccc1NC(=O)C1CCSC1. The first kappa shape index (κ1) is 12.5. The molecule has 0 spiro atoms. The minimum absolute atomic E-state index is 0.0723. The number of hydrogen-bond donors (Lipinski definition) is 2. The Kier molecular flexibility index (Phi) is 4.07.